The van der Waals surface area contributed by atoms with Gasteiger partial charge in [-0.05, 0) is 43.9 Å². The number of nitrogens with zero attached hydrogens (tertiary/aromatic N) is 1. The predicted octanol–water partition coefficient (Wildman–Crippen LogP) is 3.74. The van der Waals surface area contributed by atoms with E-state index in [0.717, 1.165) is 18.2 Å². The Morgan fingerprint density at radius 2 is 1.89 bits per heavy atom. The molecule has 0 heterocycles. The first-order chi connectivity index (χ1) is 12.7. The number of amides is 1. The van der Waals surface area contributed by atoms with E-state index in [0.29, 0.717) is 24.6 Å². The lowest BCUT2D eigenvalue weighted by molar-refractivity contribution is -0.133. The Morgan fingerprint density at radius 3 is 2.44 bits per heavy atom. The quantitative estimate of drug-likeness (QED) is 0.594. The number of hydrogen-bond acceptors (Lipinski definition) is 5. The molecule has 6 nitrogen and oxygen atoms in total. The zero-order valence-corrected chi connectivity index (χ0v) is 17.5. The van der Waals surface area contributed by atoms with Crippen LogP contribution in [0.25, 0.3) is 0 Å². The van der Waals surface area contributed by atoms with Crippen molar-refractivity contribution in [2.24, 2.45) is 5.92 Å². The maximum atomic E-state index is 12.8. The molecular formula is C20H31NO5S. The van der Waals surface area contributed by atoms with Crippen LogP contribution in [0.3, 0.4) is 0 Å². The number of rotatable bonds is 9. The van der Waals surface area contributed by atoms with Crippen molar-refractivity contribution in [1.29, 1.82) is 0 Å². The smallest absolute Gasteiger partial charge is 0.306 e. The van der Waals surface area contributed by atoms with Gasteiger partial charge in [-0.15, -0.1) is 0 Å². The fourth-order valence-corrected chi connectivity index (χ4v) is 4.03. The van der Waals surface area contributed by atoms with Gasteiger partial charge >= 0.3 is 10.1 Å². The van der Waals surface area contributed by atoms with Crippen LogP contribution in [-0.2, 0) is 21.5 Å². The van der Waals surface area contributed by atoms with Gasteiger partial charge in [0.05, 0.1) is 13.4 Å². The zero-order valence-electron chi connectivity index (χ0n) is 16.7. The molecule has 2 rings (SSSR count). The summed E-state index contributed by atoms with van der Waals surface area (Å²) in [5, 5.41) is 0. The van der Waals surface area contributed by atoms with Crippen molar-refractivity contribution in [2.75, 3.05) is 13.4 Å². The summed E-state index contributed by atoms with van der Waals surface area (Å²) in [5.41, 5.74) is 0.803. The first kappa shape index (κ1) is 21.5. The number of methoxy groups -OCH3 is 1. The van der Waals surface area contributed by atoms with Gasteiger partial charge in [-0.1, -0.05) is 31.7 Å². The molecule has 0 atom stereocenters. The zero-order chi connectivity index (χ0) is 20.0. The Balaban J connectivity index is 2.10. The summed E-state index contributed by atoms with van der Waals surface area (Å²) in [6.45, 7) is 4.39. The van der Waals surface area contributed by atoms with Crippen molar-refractivity contribution in [3.63, 3.8) is 0 Å². The summed E-state index contributed by atoms with van der Waals surface area (Å²) in [7, 11) is -2.21. The van der Waals surface area contributed by atoms with Crippen molar-refractivity contribution in [3.05, 3.63) is 23.8 Å². The molecule has 1 aromatic carbocycles. The second kappa shape index (κ2) is 9.44. The number of carbonyl (C=O) groups is 1. The largest absolute Gasteiger partial charge is 0.493 e. The summed E-state index contributed by atoms with van der Waals surface area (Å²) >= 11 is 0. The minimum absolute atomic E-state index is 0.0578. The molecule has 0 aliphatic heterocycles. The molecule has 152 valence electrons. The van der Waals surface area contributed by atoms with Crippen molar-refractivity contribution in [3.8, 4) is 11.5 Å². The molecule has 0 bridgehead atoms. The first-order valence-corrected chi connectivity index (χ1v) is 11.4. The molecule has 1 amide bonds. The highest BCUT2D eigenvalue weighted by Gasteiger charge is 2.22. The van der Waals surface area contributed by atoms with Crippen LogP contribution < -0.4 is 8.92 Å². The fourth-order valence-electron chi connectivity index (χ4n) is 3.57. The molecule has 1 saturated carbocycles. The van der Waals surface area contributed by atoms with Crippen molar-refractivity contribution < 1.29 is 22.1 Å². The van der Waals surface area contributed by atoms with E-state index in [4.69, 9.17) is 8.92 Å². The first-order valence-electron chi connectivity index (χ1n) is 9.55. The average Bonchev–Trinajstić information content (AvgIpc) is 3.09. The summed E-state index contributed by atoms with van der Waals surface area (Å²) in [5.74, 6) is 1.30. The van der Waals surface area contributed by atoms with E-state index in [9.17, 15) is 13.2 Å². The molecule has 0 radical (unpaired) electrons. The van der Waals surface area contributed by atoms with Gasteiger partial charge in [0, 0.05) is 19.0 Å². The topological polar surface area (TPSA) is 72.9 Å². The number of hydrogen-bond donors (Lipinski definition) is 0. The van der Waals surface area contributed by atoms with Crippen LogP contribution >= 0.6 is 0 Å². The minimum Gasteiger partial charge on any atom is -0.493 e. The van der Waals surface area contributed by atoms with Gasteiger partial charge in [0.25, 0.3) is 0 Å². The fraction of sp³-hybridized carbons (Fsp3) is 0.650. The van der Waals surface area contributed by atoms with E-state index in [1.54, 1.807) is 12.1 Å². The third-order valence-corrected chi connectivity index (χ3v) is 5.49. The van der Waals surface area contributed by atoms with Gasteiger partial charge in [0.1, 0.15) is 0 Å². The summed E-state index contributed by atoms with van der Waals surface area (Å²) < 4.78 is 33.2. The number of carbonyl (C=O) groups excluding carboxylic acids is 1. The molecule has 0 unspecified atom stereocenters. The van der Waals surface area contributed by atoms with E-state index >= 15 is 0 Å². The Kier molecular flexibility index (Phi) is 7.53. The SMILES string of the molecule is COc1ccc(CN(C(=O)CCC2CCCC2)C(C)C)cc1OS(C)(=O)=O. The Morgan fingerprint density at radius 1 is 1.22 bits per heavy atom. The average molecular weight is 398 g/mol. The standard InChI is InChI=1S/C20H31NO5S/c1-15(2)21(20(22)12-10-16-7-5-6-8-16)14-17-9-11-18(25-3)19(13-17)26-27(4,23)24/h9,11,13,15-16H,5-8,10,12,14H2,1-4H3. The Bertz CT molecular complexity index is 739. The van der Waals surface area contributed by atoms with E-state index in [1.807, 2.05) is 24.8 Å². The molecule has 0 spiro atoms. The Labute approximate surface area is 163 Å². The van der Waals surface area contributed by atoms with Crippen LogP contribution in [0.4, 0.5) is 0 Å². The van der Waals surface area contributed by atoms with Gasteiger partial charge in [-0.25, -0.2) is 0 Å². The van der Waals surface area contributed by atoms with Crippen molar-refractivity contribution in [2.45, 2.75) is 65.0 Å². The highest BCUT2D eigenvalue weighted by molar-refractivity contribution is 7.86. The number of benzene rings is 1. The lowest BCUT2D eigenvalue weighted by Crippen LogP contribution is -2.36. The van der Waals surface area contributed by atoms with Crippen LogP contribution in [0.2, 0.25) is 0 Å². The second-order valence-corrected chi connectivity index (χ2v) is 9.15. The number of ether oxygens (including phenoxy) is 1. The predicted molar refractivity (Wildman–Crippen MR) is 105 cm³/mol. The lowest BCUT2D eigenvalue weighted by atomic mass is 10.0. The van der Waals surface area contributed by atoms with Gasteiger partial charge in [0.2, 0.25) is 5.91 Å². The second-order valence-electron chi connectivity index (χ2n) is 7.58. The molecule has 0 saturated heterocycles. The highest BCUT2D eigenvalue weighted by Crippen LogP contribution is 2.31. The monoisotopic (exact) mass is 397 g/mol. The molecular weight excluding hydrogens is 366 g/mol. The molecule has 0 aromatic heterocycles. The summed E-state index contributed by atoms with van der Waals surface area (Å²) in [6, 6.07) is 5.17. The van der Waals surface area contributed by atoms with Gasteiger partial charge in [-0.3, -0.25) is 4.79 Å². The molecule has 0 N–H and O–H groups in total. The molecule has 1 aromatic rings. The van der Waals surface area contributed by atoms with E-state index < -0.39 is 10.1 Å². The van der Waals surface area contributed by atoms with Crippen LogP contribution in [0, 0.1) is 5.92 Å². The molecule has 1 fully saturated rings. The highest BCUT2D eigenvalue weighted by atomic mass is 32.2. The summed E-state index contributed by atoms with van der Waals surface area (Å²) in [4.78, 5) is 14.6. The van der Waals surface area contributed by atoms with Crippen LogP contribution in [-0.4, -0.2) is 38.6 Å². The third-order valence-electron chi connectivity index (χ3n) is 5.01. The lowest BCUT2D eigenvalue weighted by Gasteiger charge is -2.28. The van der Waals surface area contributed by atoms with Gasteiger partial charge < -0.3 is 13.8 Å². The normalized spacial score (nSPS) is 15.1. The van der Waals surface area contributed by atoms with E-state index in [1.165, 1.54) is 32.8 Å². The Hall–Kier alpha value is -1.76. The maximum absolute atomic E-state index is 12.8. The third kappa shape index (κ3) is 6.72. The molecule has 1 aliphatic carbocycles. The van der Waals surface area contributed by atoms with Crippen LogP contribution in [0.1, 0.15) is 57.9 Å². The molecule has 7 heteroatoms. The summed E-state index contributed by atoms with van der Waals surface area (Å²) in [6.07, 6.45) is 7.54. The van der Waals surface area contributed by atoms with E-state index in [2.05, 4.69) is 0 Å². The van der Waals surface area contributed by atoms with Crippen LogP contribution in [0.5, 0.6) is 11.5 Å². The molecule has 27 heavy (non-hydrogen) atoms. The van der Waals surface area contributed by atoms with E-state index in [-0.39, 0.29) is 17.7 Å². The van der Waals surface area contributed by atoms with Crippen molar-refractivity contribution in [1.82, 2.24) is 4.90 Å². The minimum atomic E-state index is -3.67. The van der Waals surface area contributed by atoms with Gasteiger partial charge in [-0.2, -0.15) is 8.42 Å². The molecule has 1 aliphatic rings. The maximum Gasteiger partial charge on any atom is 0.306 e. The van der Waals surface area contributed by atoms with Crippen LogP contribution in [0.15, 0.2) is 18.2 Å². The van der Waals surface area contributed by atoms with Gasteiger partial charge in [0.15, 0.2) is 11.5 Å². The van der Waals surface area contributed by atoms with Crippen molar-refractivity contribution >= 4 is 16.0 Å².